The molecule has 0 saturated carbocycles. The maximum absolute atomic E-state index is 4.34. The highest BCUT2D eigenvalue weighted by Crippen LogP contribution is 2.25. The highest BCUT2D eigenvalue weighted by atomic mass is 79.9. The van der Waals surface area contributed by atoms with Crippen LogP contribution in [-0.2, 0) is 6.42 Å². The summed E-state index contributed by atoms with van der Waals surface area (Å²) in [5, 5.41) is 3.08. The van der Waals surface area contributed by atoms with Crippen LogP contribution in [0.4, 0.5) is 0 Å². The summed E-state index contributed by atoms with van der Waals surface area (Å²) in [7, 11) is 0. The quantitative estimate of drug-likeness (QED) is 0.724. The number of nitrogens with zero attached hydrogens (tertiary/aromatic N) is 1. The van der Waals surface area contributed by atoms with E-state index in [-0.39, 0.29) is 0 Å². The summed E-state index contributed by atoms with van der Waals surface area (Å²) >= 11 is 8.75. The summed E-state index contributed by atoms with van der Waals surface area (Å²) in [5.41, 5.74) is 4.41. The van der Waals surface area contributed by atoms with Crippen molar-refractivity contribution in [1.82, 2.24) is 4.98 Å². The van der Waals surface area contributed by atoms with Gasteiger partial charge in [-0.05, 0) is 30.0 Å². The Hall–Kier alpha value is -0.190. The van der Waals surface area contributed by atoms with Crippen LogP contribution >= 0.6 is 43.2 Å². The lowest BCUT2D eigenvalue weighted by Gasteiger charge is -2.13. The molecule has 1 unspecified atom stereocenters. The minimum absolute atomic E-state index is 0.486. The second-order valence-corrected chi connectivity index (χ2v) is 5.87. The molecule has 1 aromatic heterocycles. The van der Waals surface area contributed by atoms with Gasteiger partial charge in [0.15, 0.2) is 0 Å². The van der Waals surface area contributed by atoms with Crippen LogP contribution in [0.1, 0.15) is 17.2 Å². The average Bonchev–Trinajstić information content (AvgIpc) is 2.78. The molecule has 0 spiro atoms. The molecule has 0 bridgehead atoms. The van der Waals surface area contributed by atoms with E-state index < -0.39 is 0 Å². The Bertz CT molecular complexity index is 442. The highest BCUT2D eigenvalue weighted by Gasteiger charge is 2.12. The van der Waals surface area contributed by atoms with Gasteiger partial charge in [0.1, 0.15) is 0 Å². The lowest BCUT2D eigenvalue weighted by Crippen LogP contribution is -2.04. The lowest BCUT2D eigenvalue weighted by molar-refractivity contribution is 0.760. The van der Waals surface area contributed by atoms with Gasteiger partial charge in [-0.15, -0.1) is 11.3 Å². The van der Waals surface area contributed by atoms with Crippen molar-refractivity contribution < 1.29 is 0 Å². The molecule has 2 aromatic rings. The van der Waals surface area contributed by atoms with Crippen LogP contribution < -0.4 is 0 Å². The third kappa shape index (κ3) is 3.15. The molecule has 0 radical (unpaired) electrons. The second kappa shape index (κ2) is 5.94. The molecule has 0 aliphatic carbocycles. The first-order chi connectivity index (χ1) is 7.79. The molecule has 16 heavy (non-hydrogen) atoms. The first-order valence-corrected chi connectivity index (χ1v) is 7.84. The van der Waals surface area contributed by atoms with Gasteiger partial charge in [-0.1, -0.05) is 44.0 Å². The number of rotatable bonds is 4. The Balaban J connectivity index is 2.16. The summed E-state index contributed by atoms with van der Waals surface area (Å²) in [6, 6.07) is 8.48. The predicted octanol–water partition coefficient (Wildman–Crippen LogP) is 4.63. The zero-order valence-corrected chi connectivity index (χ0v) is 12.6. The first kappa shape index (κ1) is 12.3. The molecule has 1 nitrogen and oxygen atoms in total. The van der Waals surface area contributed by atoms with E-state index in [0.29, 0.717) is 5.92 Å². The van der Waals surface area contributed by atoms with E-state index in [1.807, 2.05) is 5.51 Å². The Labute approximate surface area is 116 Å². The molecule has 0 N–H and O–H groups in total. The van der Waals surface area contributed by atoms with Gasteiger partial charge in [-0.2, -0.15) is 0 Å². The van der Waals surface area contributed by atoms with E-state index in [0.717, 1.165) is 16.2 Å². The van der Waals surface area contributed by atoms with Crippen LogP contribution in [-0.4, -0.2) is 10.3 Å². The second-order valence-electron chi connectivity index (χ2n) is 3.59. The van der Waals surface area contributed by atoms with E-state index in [1.165, 1.54) is 11.3 Å². The van der Waals surface area contributed by atoms with Crippen molar-refractivity contribution in [3.8, 4) is 0 Å². The van der Waals surface area contributed by atoms with Gasteiger partial charge in [0.05, 0.1) is 11.2 Å². The largest absolute Gasteiger partial charge is 0.250 e. The maximum atomic E-state index is 4.34. The van der Waals surface area contributed by atoms with Gasteiger partial charge in [0.2, 0.25) is 0 Å². The molecular formula is C12H11Br2NS. The van der Waals surface area contributed by atoms with Gasteiger partial charge in [-0.3, -0.25) is 0 Å². The average molecular weight is 361 g/mol. The van der Waals surface area contributed by atoms with Crippen LogP contribution in [0.3, 0.4) is 0 Å². The molecule has 1 atom stereocenters. The van der Waals surface area contributed by atoms with E-state index in [1.54, 1.807) is 11.3 Å². The molecular weight excluding hydrogens is 350 g/mol. The van der Waals surface area contributed by atoms with Crippen molar-refractivity contribution in [2.24, 2.45) is 0 Å². The number of aromatic nitrogens is 1. The minimum Gasteiger partial charge on any atom is -0.250 e. The fourth-order valence-corrected chi connectivity index (χ4v) is 3.20. The number of alkyl halides is 1. The molecule has 4 heteroatoms. The van der Waals surface area contributed by atoms with Gasteiger partial charge >= 0.3 is 0 Å². The lowest BCUT2D eigenvalue weighted by atomic mass is 9.97. The number of thiazole rings is 1. The van der Waals surface area contributed by atoms with Crippen LogP contribution in [0.25, 0.3) is 0 Å². The van der Waals surface area contributed by atoms with Crippen molar-refractivity contribution in [3.63, 3.8) is 0 Å². The zero-order valence-electron chi connectivity index (χ0n) is 8.57. The molecule has 1 heterocycles. The number of hydrogen-bond acceptors (Lipinski definition) is 2. The van der Waals surface area contributed by atoms with E-state index in [4.69, 9.17) is 0 Å². The van der Waals surface area contributed by atoms with Gasteiger partial charge in [0.25, 0.3) is 0 Å². The summed E-state index contributed by atoms with van der Waals surface area (Å²) < 4.78 is 1.13. The fourth-order valence-electron chi connectivity index (χ4n) is 1.61. The third-order valence-electron chi connectivity index (χ3n) is 2.45. The number of benzene rings is 1. The van der Waals surface area contributed by atoms with Crippen molar-refractivity contribution >= 4 is 43.2 Å². The smallest absolute Gasteiger partial charge is 0.0794 e. The number of halogens is 2. The van der Waals surface area contributed by atoms with E-state index in [9.17, 15) is 0 Å². The van der Waals surface area contributed by atoms with Gasteiger partial charge in [-0.25, -0.2) is 4.98 Å². The Kier molecular flexibility index (Phi) is 4.55. The normalized spacial score (nSPS) is 12.6. The van der Waals surface area contributed by atoms with Crippen molar-refractivity contribution in [1.29, 1.82) is 0 Å². The van der Waals surface area contributed by atoms with Crippen molar-refractivity contribution in [3.05, 3.63) is 50.9 Å². The van der Waals surface area contributed by atoms with Crippen molar-refractivity contribution in [2.45, 2.75) is 12.3 Å². The van der Waals surface area contributed by atoms with Crippen LogP contribution in [0.5, 0.6) is 0 Å². The molecule has 1 aromatic carbocycles. The standard InChI is InChI=1S/C12H11Br2NS/c13-6-10(5-12-7-16-8-15-12)9-2-1-3-11(14)4-9/h1-4,7-8,10H,5-6H2. The first-order valence-electron chi connectivity index (χ1n) is 4.98. The molecule has 0 saturated heterocycles. The monoisotopic (exact) mass is 359 g/mol. The molecule has 0 fully saturated rings. The third-order valence-corrected chi connectivity index (χ3v) is 4.36. The van der Waals surface area contributed by atoms with E-state index >= 15 is 0 Å². The topological polar surface area (TPSA) is 12.9 Å². The molecule has 0 aliphatic heterocycles. The van der Waals surface area contributed by atoms with Crippen LogP contribution in [0.15, 0.2) is 39.6 Å². The zero-order chi connectivity index (χ0) is 11.4. The van der Waals surface area contributed by atoms with Gasteiger partial charge in [0, 0.05) is 15.2 Å². The van der Waals surface area contributed by atoms with Crippen LogP contribution in [0, 0.1) is 0 Å². The molecule has 2 rings (SSSR count). The highest BCUT2D eigenvalue weighted by molar-refractivity contribution is 9.10. The van der Waals surface area contributed by atoms with E-state index in [2.05, 4.69) is 66.5 Å². The summed E-state index contributed by atoms with van der Waals surface area (Å²) in [5.74, 6) is 0.486. The summed E-state index contributed by atoms with van der Waals surface area (Å²) in [6.07, 6.45) is 0.991. The summed E-state index contributed by atoms with van der Waals surface area (Å²) in [6.45, 7) is 0. The van der Waals surface area contributed by atoms with Gasteiger partial charge < -0.3 is 0 Å². The minimum atomic E-state index is 0.486. The Morgan fingerprint density at radius 2 is 2.25 bits per heavy atom. The van der Waals surface area contributed by atoms with Crippen LogP contribution in [0.2, 0.25) is 0 Å². The molecule has 0 aliphatic rings. The summed E-state index contributed by atoms with van der Waals surface area (Å²) in [4.78, 5) is 4.34. The van der Waals surface area contributed by atoms with Crippen molar-refractivity contribution in [2.75, 3.05) is 5.33 Å². The number of hydrogen-bond donors (Lipinski definition) is 0. The Morgan fingerprint density at radius 3 is 2.88 bits per heavy atom. The molecule has 84 valence electrons. The maximum Gasteiger partial charge on any atom is 0.0794 e. The SMILES string of the molecule is BrCC(Cc1cscn1)c1cccc(Br)c1. The molecule has 0 amide bonds. The Morgan fingerprint density at radius 1 is 1.38 bits per heavy atom. The predicted molar refractivity (Wildman–Crippen MR) is 76.5 cm³/mol. The fraction of sp³-hybridized carbons (Fsp3) is 0.250.